The van der Waals surface area contributed by atoms with Gasteiger partial charge in [0.25, 0.3) is 0 Å². The van der Waals surface area contributed by atoms with Gasteiger partial charge in [-0.1, -0.05) is 49.6 Å². The Morgan fingerprint density at radius 2 is 1.69 bits per heavy atom. The van der Waals surface area contributed by atoms with Crippen molar-refractivity contribution in [2.24, 2.45) is 4.99 Å². The van der Waals surface area contributed by atoms with Gasteiger partial charge >= 0.3 is 0 Å². The number of rotatable bonds is 4. The summed E-state index contributed by atoms with van der Waals surface area (Å²) in [6, 6.07) is 25.7. The maximum Gasteiger partial charge on any atom is 0.0900 e. The number of anilines is 2. The average Bonchev–Trinajstić information content (AvgIpc) is 2.89. The Kier molecular flexibility index (Phi) is 5.75. The fourth-order valence-corrected chi connectivity index (χ4v) is 5.09. The highest BCUT2D eigenvalue weighted by molar-refractivity contribution is 5.84. The highest BCUT2D eigenvalue weighted by Gasteiger charge is 2.18. The van der Waals surface area contributed by atoms with E-state index in [1.807, 2.05) is 18.5 Å². The van der Waals surface area contributed by atoms with Gasteiger partial charge in [0.15, 0.2) is 0 Å². The molecule has 1 N–H and O–H groups in total. The minimum Gasteiger partial charge on any atom is -0.352 e. The van der Waals surface area contributed by atoms with E-state index in [0.29, 0.717) is 6.04 Å². The summed E-state index contributed by atoms with van der Waals surface area (Å²) in [5, 5.41) is 4.58. The predicted octanol–water partition coefficient (Wildman–Crippen LogP) is 6.81. The number of nitrogens with zero attached hydrogens (tertiary/aromatic N) is 4. The number of aryl methyl sites for hydroxylation is 1. The van der Waals surface area contributed by atoms with E-state index >= 15 is 0 Å². The summed E-state index contributed by atoms with van der Waals surface area (Å²) in [4.78, 5) is 14.7. The van der Waals surface area contributed by atoms with Crippen LogP contribution in [0.15, 0.2) is 90.2 Å². The zero-order valence-electron chi connectivity index (χ0n) is 20.0. The molecule has 0 saturated heterocycles. The monoisotopic (exact) mass is 459 g/mol. The molecule has 2 heterocycles. The molecule has 5 heteroatoms. The molecule has 1 fully saturated rings. The molecule has 1 aromatic heterocycles. The van der Waals surface area contributed by atoms with E-state index < -0.39 is 0 Å². The van der Waals surface area contributed by atoms with Crippen molar-refractivity contribution < 1.29 is 0 Å². The number of pyridine rings is 1. The van der Waals surface area contributed by atoms with Crippen LogP contribution in [0.4, 0.5) is 11.4 Å². The van der Waals surface area contributed by atoms with Crippen LogP contribution in [0.3, 0.4) is 0 Å². The summed E-state index contributed by atoms with van der Waals surface area (Å²) >= 11 is 0. The lowest BCUT2D eigenvalue weighted by molar-refractivity contribution is 0.437. The third kappa shape index (κ3) is 4.42. The summed E-state index contributed by atoms with van der Waals surface area (Å²) in [6.07, 6.45) is 9.85. The van der Waals surface area contributed by atoms with Crippen molar-refractivity contribution in [3.63, 3.8) is 0 Å². The van der Waals surface area contributed by atoms with Gasteiger partial charge in [-0.25, -0.2) is 4.98 Å². The molecule has 1 aliphatic heterocycles. The Morgan fingerprint density at radius 3 is 2.51 bits per heavy atom. The van der Waals surface area contributed by atoms with Gasteiger partial charge in [0, 0.05) is 11.9 Å². The number of hydrogen-bond acceptors (Lipinski definition) is 4. The molecule has 6 rings (SSSR count). The second-order valence-electron chi connectivity index (χ2n) is 9.43. The average molecular weight is 460 g/mol. The molecule has 5 nitrogen and oxygen atoms in total. The van der Waals surface area contributed by atoms with E-state index in [2.05, 4.69) is 88.5 Å². The summed E-state index contributed by atoms with van der Waals surface area (Å²) in [7, 11) is 0. The van der Waals surface area contributed by atoms with E-state index in [1.165, 1.54) is 19.3 Å². The quantitative estimate of drug-likeness (QED) is 0.300. The number of benzene rings is 3. The minimum absolute atomic E-state index is 0.357. The second kappa shape index (κ2) is 9.34. The van der Waals surface area contributed by atoms with Crippen LogP contribution in [0.2, 0.25) is 0 Å². The normalized spacial score (nSPS) is 15.1. The molecule has 174 valence electrons. The fourth-order valence-electron chi connectivity index (χ4n) is 5.09. The van der Waals surface area contributed by atoms with Crippen LogP contribution >= 0.6 is 0 Å². The lowest BCUT2D eigenvalue weighted by atomic mass is 9.96. The van der Waals surface area contributed by atoms with Crippen molar-refractivity contribution in [1.29, 1.82) is 0 Å². The smallest absolute Gasteiger partial charge is 0.0900 e. The molecular formula is C30H29N5. The van der Waals surface area contributed by atoms with E-state index in [-0.39, 0.29) is 0 Å². The van der Waals surface area contributed by atoms with Crippen molar-refractivity contribution in [2.45, 2.75) is 45.1 Å². The SMILES string of the molecule is Cc1cncc(Nc2cc3nc4ccccc4n(-c4ccccc4)c-3cc2=NC2CCCCC2)c1. The minimum atomic E-state index is 0.357. The third-order valence-electron chi connectivity index (χ3n) is 6.76. The first-order valence-electron chi connectivity index (χ1n) is 12.5. The number of hydrogen-bond donors (Lipinski definition) is 1. The zero-order chi connectivity index (χ0) is 23.6. The van der Waals surface area contributed by atoms with Crippen molar-refractivity contribution in [1.82, 2.24) is 14.5 Å². The van der Waals surface area contributed by atoms with E-state index in [9.17, 15) is 0 Å². The molecule has 35 heavy (non-hydrogen) atoms. The van der Waals surface area contributed by atoms with Gasteiger partial charge in [-0.15, -0.1) is 0 Å². The van der Waals surface area contributed by atoms with E-state index in [0.717, 1.165) is 63.2 Å². The maximum absolute atomic E-state index is 5.28. The first kappa shape index (κ1) is 21.5. The number of nitrogens with one attached hydrogen (secondary N) is 1. The van der Waals surface area contributed by atoms with Crippen LogP contribution in [0, 0.1) is 6.92 Å². The molecule has 3 aliphatic rings. The number of para-hydroxylation sites is 3. The largest absolute Gasteiger partial charge is 0.352 e. The molecular weight excluding hydrogens is 430 g/mol. The Hall–Kier alpha value is -3.99. The van der Waals surface area contributed by atoms with Gasteiger partial charge in [0.1, 0.15) is 0 Å². The van der Waals surface area contributed by atoms with Gasteiger partial charge in [-0.3, -0.25) is 9.98 Å². The number of fused-ring (bicyclic) bond motifs is 2. The van der Waals surface area contributed by atoms with Gasteiger partial charge in [-0.2, -0.15) is 0 Å². The van der Waals surface area contributed by atoms with Crippen LogP contribution < -0.4 is 10.7 Å². The number of aromatic nitrogens is 3. The van der Waals surface area contributed by atoms with Crippen molar-refractivity contribution >= 4 is 22.4 Å². The van der Waals surface area contributed by atoms with Crippen LogP contribution in [-0.2, 0) is 0 Å². The molecule has 0 atom stereocenters. The summed E-state index contributed by atoms with van der Waals surface area (Å²) in [5.41, 5.74) is 8.19. The van der Waals surface area contributed by atoms with Crippen LogP contribution in [0.1, 0.15) is 37.7 Å². The van der Waals surface area contributed by atoms with Gasteiger partial charge in [0.2, 0.25) is 0 Å². The van der Waals surface area contributed by atoms with Gasteiger partial charge < -0.3 is 9.88 Å². The molecule has 3 aromatic rings. The summed E-state index contributed by atoms with van der Waals surface area (Å²) in [6.45, 7) is 2.06. The Morgan fingerprint density at radius 1 is 0.886 bits per heavy atom. The predicted molar refractivity (Wildman–Crippen MR) is 142 cm³/mol. The molecule has 0 bridgehead atoms. The van der Waals surface area contributed by atoms with Gasteiger partial charge in [0.05, 0.1) is 51.4 Å². The topological polar surface area (TPSA) is 55.1 Å². The molecule has 0 radical (unpaired) electrons. The molecule has 1 saturated carbocycles. The van der Waals surface area contributed by atoms with Crippen LogP contribution in [0.5, 0.6) is 0 Å². The van der Waals surface area contributed by atoms with Gasteiger partial charge in [-0.05, 0) is 67.8 Å². The Bertz CT molecular complexity index is 1510. The molecule has 2 aromatic carbocycles. The van der Waals surface area contributed by atoms with Crippen LogP contribution in [-0.4, -0.2) is 20.6 Å². The summed E-state index contributed by atoms with van der Waals surface area (Å²) < 4.78 is 2.30. The second-order valence-corrected chi connectivity index (χ2v) is 9.43. The maximum atomic E-state index is 5.28. The molecule has 0 unspecified atom stereocenters. The standard InChI is InChI=1S/C30H29N5/c1-21-16-23(20-31-19-21)33-26-17-28-30(18-27(26)32-22-10-4-2-5-11-22)35(24-12-6-3-7-13-24)29-15-9-8-14-25(29)34-28/h3,6-9,12-20,22,33H,2,4-5,10-11H2,1H3. The fraction of sp³-hybridized carbons (Fsp3) is 0.233. The van der Waals surface area contributed by atoms with E-state index in [1.54, 1.807) is 0 Å². The Balaban J connectivity index is 1.62. The molecule has 0 amide bonds. The molecule has 2 aliphatic carbocycles. The lowest BCUT2D eigenvalue weighted by Gasteiger charge is -2.21. The third-order valence-corrected chi connectivity index (χ3v) is 6.76. The van der Waals surface area contributed by atoms with Crippen LogP contribution in [0.25, 0.3) is 28.1 Å². The first-order valence-corrected chi connectivity index (χ1v) is 12.5. The highest BCUT2D eigenvalue weighted by atomic mass is 15.0. The first-order chi connectivity index (χ1) is 17.2. The van der Waals surface area contributed by atoms with Crippen molar-refractivity contribution in [2.75, 3.05) is 5.32 Å². The summed E-state index contributed by atoms with van der Waals surface area (Å²) in [5.74, 6) is 0. The zero-order valence-corrected chi connectivity index (χ0v) is 20.0. The van der Waals surface area contributed by atoms with Crippen molar-refractivity contribution in [3.05, 3.63) is 96.1 Å². The lowest BCUT2D eigenvalue weighted by Crippen LogP contribution is -2.19. The Labute approximate surface area is 205 Å². The highest BCUT2D eigenvalue weighted by Crippen LogP contribution is 2.30. The van der Waals surface area contributed by atoms with E-state index in [4.69, 9.17) is 9.98 Å². The molecule has 0 spiro atoms. The van der Waals surface area contributed by atoms with Crippen molar-refractivity contribution in [3.8, 4) is 17.1 Å².